The van der Waals surface area contributed by atoms with Crippen LogP contribution in [0.2, 0.25) is 0 Å². The molecule has 3 aliphatic rings. The summed E-state index contributed by atoms with van der Waals surface area (Å²) < 4.78 is 5.54. The van der Waals surface area contributed by atoms with E-state index in [2.05, 4.69) is 10.2 Å². The van der Waals surface area contributed by atoms with Crippen LogP contribution < -0.4 is 5.32 Å². The number of ether oxygens (including phenoxy) is 1. The van der Waals surface area contributed by atoms with Gasteiger partial charge < -0.3 is 15.0 Å². The fourth-order valence-electron chi connectivity index (χ4n) is 3.07. The molecule has 4 nitrogen and oxygen atoms in total. The van der Waals surface area contributed by atoms with Gasteiger partial charge in [-0.05, 0) is 44.7 Å². The molecule has 0 radical (unpaired) electrons. The average molecular weight is 275 g/mol. The van der Waals surface area contributed by atoms with Crippen molar-refractivity contribution in [1.29, 1.82) is 0 Å². The van der Waals surface area contributed by atoms with Gasteiger partial charge in [0.25, 0.3) is 0 Å². The van der Waals surface area contributed by atoms with Gasteiger partial charge in [0.05, 0.1) is 19.3 Å². The highest BCUT2D eigenvalue weighted by Gasteiger charge is 2.40. The number of carbonyl (C=O) groups is 1. The zero-order chi connectivity index (χ0) is 11.7. The Balaban J connectivity index is 0.00000120. The van der Waals surface area contributed by atoms with Crippen molar-refractivity contribution in [3.05, 3.63) is 0 Å². The van der Waals surface area contributed by atoms with Gasteiger partial charge in [0.1, 0.15) is 0 Å². The highest BCUT2D eigenvalue weighted by molar-refractivity contribution is 5.85. The van der Waals surface area contributed by atoms with Gasteiger partial charge in [0.15, 0.2) is 0 Å². The lowest BCUT2D eigenvalue weighted by Gasteiger charge is -2.38. The Labute approximate surface area is 115 Å². The van der Waals surface area contributed by atoms with E-state index in [0.29, 0.717) is 11.9 Å². The normalized spacial score (nSPS) is 29.8. The third kappa shape index (κ3) is 2.98. The fourth-order valence-corrected chi connectivity index (χ4v) is 3.07. The number of rotatable bonds is 2. The lowest BCUT2D eigenvalue weighted by atomic mass is 9.95. The molecule has 1 unspecified atom stereocenters. The molecular formula is C13H23ClN2O2. The highest BCUT2D eigenvalue weighted by atomic mass is 35.5. The smallest absolute Gasteiger partial charge is 0.226 e. The van der Waals surface area contributed by atoms with Crippen LogP contribution >= 0.6 is 12.4 Å². The summed E-state index contributed by atoms with van der Waals surface area (Å²) in [4.78, 5) is 14.7. The summed E-state index contributed by atoms with van der Waals surface area (Å²) >= 11 is 0. The molecule has 2 aliphatic heterocycles. The first-order valence-electron chi connectivity index (χ1n) is 6.95. The van der Waals surface area contributed by atoms with Crippen molar-refractivity contribution in [1.82, 2.24) is 10.2 Å². The van der Waals surface area contributed by atoms with Crippen LogP contribution in [0.25, 0.3) is 0 Å². The first kappa shape index (κ1) is 14.1. The van der Waals surface area contributed by atoms with Crippen molar-refractivity contribution in [3.63, 3.8) is 0 Å². The zero-order valence-electron chi connectivity index (χ0n) is 10.8. The molecule has 1 atom stereocenters. The predicted octanol–water partition coefficient (Wildman–Crippen LogP) is 1.05. The number of nitrogens with zero attached hydrogens (tertiary/aromatic N) is 1. The quantitative estimate of drug-likeness (QED) is 0.818. The van der Waals surface area contributed by atoms with Gasteiger partial charge in [-0.25, -0.2) is 0 Å². The maximum absolute atomic E-state index is 12.5. The van der Waals surface area contributed by atoms with E-state index in [1.54, 1.807) is 0 Å². The van der Waals surface area contributed by atoms with Crippen LogP contribution in [0.15, 0.2) is 0 Å². The molecule has 0 aromatic carbocycles. The van der Waals surface area contributed by atoms with Crippen LogP contribution in [0.1, 0.15) is 25.7 Å². The lowest BCUT2D eigenvalue weighted by Crippen LogP contribution is -2.52. The number of piperidine rings is 1. The maximum atomic E-state index is 12.5. The molecule has 0 aromatic rings. The van der Waals surface area contributed by atoms with Crippen LogP contribution in [-0.2, 0) is 9.53 Å². The molecule has 0 aromatic heterocycles. The second kappa shape index (κ2) is 6.22. The van der Waals surface area contributed by atoms with Crippen molar-refractivity contribution in [3.8, 4) is 0 Å². The monoisotopic (exact) mass is 274 g/mol. The van der Waals surface area contributed by atoms with Gasteiger partial charge in [-0.3, -0.25) is 4.79 Å². The minimum absolute atomic E-state index is 0. The van der Waals surface area contributed by atoms with E-state index in [4.69, 9.17) is 4.74 Å². The molecule has 1 amide bonds. The first-order chi connectivity index (χ1) is 8.36. The van der Waals surface area contributed by atoms with Crippen molar-refractivity contribution < 1.29 is 9.53 Å². The molecule has 18 heavy (non-hydrogen) atoms. The molecule has 1 aliphatic carbocycles. The van der Waals surface area contributed by atoms with Gasteiger partial charge in [-0.15, -0.1) is 12.4 Å². The third-order valence-electron chi connectivity index (χ3n) is 4.30. The van der Waals surface area contributed by atoms with Gasteiger partial charge in [-0.1, -0.05) is 0 Å². The van der Waals surface area contributed by atoms with E-state index in [-0.39, 0.29) is 18.3 Å². The Morgan fingerprint density at radius 2 is 1.89 bits per heavy atom. The number of hydrogen-bond acceptors (Lipinski definition) is 3. The minimum atomic E-state index is 0. The molecule has 2 saturated heterocycles. The summed E-state index contributed by atoms with van der Waals surface area (Å²) in [5.41, 5.74) is 0. The number of halogens is 1. The Hall–Kier alpha value is -0.320. The van der Waals surface area contributed by atoms with Crippen LogP contribution in [-0.4, -0.2) is 49.7 Å². The molecule has 3 fully saturated rings. The van der Waals surface area contributed by atoms with E-state index in [9.17, 15) is 4.79 Å². The van der Waals surface area contributed by atoms with Crippen molar-refractivity contribution in [2.45, 2.75) is 31.7 Å². The number of amides is 1. The molecule has 2 heterocycles. The molecule has 0 bridgehead atoms. The summed E-state index contributed by atoms with van der Waals surface area (Å²) in [5, 5.41) is 3.32. The molecular weight excluding hydrogens is 252 g/mol. The van der Waals surface area contributed by atoms with Crippen LogP contribution in [0.5, 0.6) is 0 Å². The van der Waals surface area contributed by atoms with Crippen molar-refractivity contribution in [2.24, 2.45) is 11.8 Å². The van der Waals surface area contributed by atoms with Crippen molar-refractivity contribution in [2.75, 3.05) is 32.8 Å². The lowest BCUT2D eigenvalue weighted by molar-refractivity contribution is -0.146. The Bertz CT molecular complexity index is 291. The number of nitrogens with one attached hydrogen (secondary N) is 1. The molecule has 5 heteroatoms. The minimum Gasteiger partial charge on any atom is -0.377 e. The predicted molar refractivity (Wildman–Crippen MR) is 71.9 cm³/mol. The Kier molecular flexibility index (Phi) is 4.87. The van der Waals surface area contributed by atoms with E-state index in [1.807, 2.05) is 0 Å². The second-order valence-corrected chi connectivity index (χ2v) is 5.54. The van der Waals surface area contributed by atoms with Gasteiger partial charge in [-0.2, -0.15) is 0 Å². The molecule has 1 N–H and O–H groups in total. The Morgan fingerprint density at radius 1 is 1.17 bits per heavy atom. The summed E-state index contributed by atoms with van der Waals surface area (Å²) in [6.45, 7) is 4.29. The van der Waals surface area contributed by atoms with Crippen LogP contribution in [0.4, 0.5) is 0 Å². The second-order valence-electron chi connectivity index (χ2n) is 5.54. The largest absolute Gasteiger partial charge is 0.377 e. The standard InChI is InChI=1S/C13H22N2O2.ClH/c16-13(11-3-5-14-6-4-11)15-7-8-17-9-12(15)10-1-2-10;/h10-12,14H,1-9H2;1H. The topological polar surface area (TPSA) is 41.6 Å². The SMILES string of the molecule is Cl.O=C(C1CCNCC1)N1CCOCC1C1CC1. The third-order valence-corrected chi connectivity index (χ3v) is 4.30. The first-order valence-corrected chi connectivity index (χ1v) is 6.95. The van der Waals surface area contributed by atoms with Crippen LogP contribution in [0, 0.1) is 11.8 Å². The molecule has 3 rings (SSSR count). The van der Waals surface area contributed by atoms with E-state index >= 15 is 0 Å². The zero-order valence-corrected chi connectivity index (χ0v) is 11.6. The van der Waals surface area contributed by atoms with Gasteiger partial charge >= 0.3 is 0 Å². The Morgan fingerprint density at radius 3 is 2.56 bits per heavy atom. The number of carbonyl (C=O) groups excluding carboxylic acids is 1. The number of morpholine rings is 1. The molecule has 0 spiro atoms. The average Bonchev–Trinajstić information content (AvgIpc) is 3.23. The highest BCUT2D eigenvalue weighted by Crippen LogP contribution is 2.37. The molecule has 1 saturated carbocycles. The van der Waals surface area contributed by atoms with Crippen LogP contribution in [0.3, 0.4) is 0 Å². The number of hydrogen-bond donors (Lipinski definition) is 1. The van der Waals surface area contributed by atoms with E-state index in [1.165, 1.54) is 12.8 Å². The summed E-state index contributed by atoms with van der Waals surface area (Å²) in [7, 11) is 0. The van der Waals surface area contributed by atoms with E-state index < -0.39 is 0 Å². The van der Waals surface area contributed by atoms with Gasteiger partial charge in [0.2, 0.25) is 5.91 Å². The fraction of sp³-hybridized carbons (Fsp3) is 0.923. The maximum Gasteiger partial charge on any atom is 0.226 e. The summed E-state index contributed by atoms with van der Waals surface area (Å²) in [5.74, 6) is 1.38. The van der Waals surface area contributed by atoms with E-state index in [0.717, 1.165) is 51.6 Å². The van der Waals surface area contributed by atoms with Crippen molar-refractivity contribution >= 4 is 18.3 Å². The summed E-state index contributed by atoms with van der Waals surface area (Å²) in [6.07, 6.45) is 4.58. The summed E-state index contributed by atoms with van der Waals surface area (Å²) in [6, 6.07) is 0.381. The van der Waals surface area contributed by atoms with Gasteiger partial charge in [0, 0.05) is 12.5 Å². The molecule has 104 valence electrons.